The molecule has 0 bridgehead atoms. The van der Waals surface area contributed by atoms with Crippen molar-refractivity contribution >= 4 is 39.1 Å². The lowest BCUT2D eigenvalue weighted by Crippen LogP contribution is -2.31. The molecule has 2 aromatic carbocycles. The molecule has 7 nitrogen and oxygen atoms in total. The molecule has 1 fully saturated rings. The van der Waals surface area contributed by atoms with E-state index in [-0.39, 0.29) is 11.3 Å². The normalized spacial score (nSPS) is 17.5. The molecule has 0 saturated carbocycles. The maximum Gasteiger partial charge on any atom is 0.295 e. The van der Waals surface area contributed by atoms with Gasteiger partial charge in [-0.2, -0.15) is 0 Å². The van der Waals surface area contributed by atoms with Gasteiger partial charge in [-0.05, 0) is 36.2 Å². The predicted molar refractivity (Wildman–Crippen MR) is 131 cm³/mol. The van der Waals surface area contributed by atoms with E-state index in [1.54, 1.807) is 41.7 Å². The number of rotatable bonds is 7. The number of hydrogen-bond donors (Lipinski definition) is 1. The summed E-state index contributed by atoms with van der Waals surface area (Å²) in [6.45, 7) is 1.04. The Kier molecular flexibility index (Phi) is 6.65. The van der Waals surface area contributed by atoms with Gasteiger partial charge in [-0.15, -0.1) is 0 Å². The molecule has 0 spiro atoms. The van der Waals surface area contributed by atoms with Gasteiger partial charge in [0, 0.05) is 55.3 Å². The van der Waals surface area contributed by atoms with Gasteiger partial charge in [0.1, 0.15) is 5.76 Å². The van der Waals surface area contributed by atoms with E-state index in [1.807, 2.05) is 54.0 Å². The fraction of sp³-hybridized carbons (Fsp3) is 0.240. The molecule has 8 heteroatoms. The average molecular weight is 509 g/mol. The fourth-order valence-electron chi connectivity index (χ4n) is 4.02. The second kappa shape index (κ2) is 9.62. The molecule has 1 saturated heterocycles. The highest BCUT2D eigenvalue weighted by Gasteiger charge is 2.45. The lowest BCUT2D eigenvalue weighted by Gasteiger charge is -2.26. The van der Waals surface area contributed by atoms with Crippen LogP contribution in [0.1, 0.15) is 23.6 Å². The fourth-order valence-corrected chi connectivity index (χ4v) is 4.28. The van der Waals surface area contributed by atoms with Crippen LogP contribution in [-0.4, -0.2) is 51.9 Å². The standard InChI is InChI=1S/C25H25BrN4O3/c1-28(2)20-10-6-17(7-11-20)22-21(23(31)18-4-8-19(26)9-5-18)24(32)25(33)30(22)14-3-13-29-15-12-27-16-29/h4-12,15-16,22,31H,3,13-14H2,1-2H3/b23-21+/t22-/m1/s1. The lowest BCUT2D eigenvalue weighted by molar-refractivity contribution is -0.139. The number of aryl methyl sites for hydroxylation is 1. The average Bonchev–Trinajstić information content (AvgIpc) is 3.41. The number of anilines is 1. The van der Waals surface area contributed by atoms with Gasteiger partial charge in [0.2, 0.25) is 0 Å². The van der Waals surface area contributed by atoms with E-state index in [0.29, 0.717) is 25.1 Å². The summed E-state index contributed by atoms with van der Waals surface area (Å²) in [6, 6.07) is 14.1. The van der Waals surface area contributed by atoms with Crippen molar-refractivity contribution in [1.29, 1.82) is 0 Å². The first-order valence-corrected chi connectivity index (χ1v) is 11.4. The summed E-state index contributed by atoms with van der Waals surface area (Å²) in [5.74, 6) is -1.43. The maximum atomic E-state index is 13.1. The number of likely N-dealkylation sites (tertiary alicyclic amines) is 1. The SMILES string of the molecule is CN(C)c1ccc([C@@H]2/C(=C(\O)c3ccc(Br)cc3)C(=O)C(=O)N2CCCn2ccnc2)cc1. The van der Waals surface area contributed by atoms with Crippen molar-refractivity contribution in [3.05, 3.63) is 88.4 Å². The van der Waals surface area contributed by atoms with Gasteiger partial charge in [-0.25, -0.2) is 4.98 Å². The Bertz CT molecular complexity index is 1170. The van der Waals surface area contributed by atoms with E-state index in [1.165, 1.54) is 0 Å². The number of ketones is 1. The first-order chi connectivity index (χ1) is 15.9. The number of halogens is 1. The molecule has 1 aliphatic heterocycles. The van der Waals surface area contributed by atoms with Crippen molar-refractivity contribution < 1.29 is 14.7 Å². The molecular formula is C25H25BrN4O3. The highest BCUT2D eigenvalue weighted by molar-refractivity contribution is 9.10. The van der Waals surface area contributed by atoms with Crippen molar-refractivity contribution in [1.82, 2.24) is 14.5 Å². The van der Waals surface area contributed by atoms with E-state index >= 15 is 0 Å². The smallest absolute Gasteiger partial charge is 0.295 e. The molecule has 170 valence electrons. The third kappa shape index (κ3) is 4.71. The monoisotopic (exact) mass is 508 g/mol. The Hall–Kier alpha value is -3.39. The molecule has 1 amide bonds. The predicted octanol–water partition coefficient (Wildman–Crippen LogP) is 4.22. The number of Topliss-reactive ketones (excluding diaryl/α,β-unsaturated/α-hetero) is 1. The first kappa shape index (κ1) is 22.8. The summed E-state index contributed by atoms with van der Waals surface area (Å²) in [5, 5.41) is 11.1. The Balaban J connectivity index is 1.73. The van der Waals surface area contributed by atoms with Crippen molar-refractivity contribution in [2.75, 3.05) is 25.5 Å². The van der Waals surface area contributed by atoms with Gasteiger partial charge in [-0.1, -0.05) is 40.2 Å². The molecule has 33 heavy (non-hydrogen) atoms. The molecule has 0 aliphatic carbocycles. The zero-order valence-electron chi connectivity index (χ0n) is 18.5. The summed E-state index contributed by atoms with van der Waals surface area (Å²) >= 11 is 3.38. The van der Waals surface area contributed by atoms with Gasteiger partial charge in [0.15, 0.2) is 0 Å². The van der Waals surface area contributed by atoms with Crippen LogP contribution in [0.3, 0.4) is 0 Å². The number of carbonyl (C=O) groups is 2. The van der Waals surface area contributed by atoms with E-state index in [2.05, 4.69) is 20.9 Å². The second-order valence-electron chi connectivity index (χ2n) is 8.14. The van der Waals surface area contributed by atoms with Gasteiger partial charge >= 0.3 is 0 Å². The van der Waals surface area contributed by atoms with Crippen LogP contribution in [0, 0.1) is 0 Å². The topological polar surface area (TPSA) is 78.7 Å². The highest BCUT2D eigenvalue weighted by atomic mass is 79.9. The minimum absolute atomic E-state index is 0.113. The summed E-state index contributed by atoms with van der Waals surface area (Å²) in [4.78, 5) is 33.7. The molecule has 1 N–H and O–H groups in total. The molecule has 3 aromatic rings. The van der Waals surface area contributed by atoms with Crippen molar-refractivity contribution in [3.63, 3.8) is 0 Å². The van der Waals surface area contributed by atoms with Gasteiger partial charge < -0.3 is 19.5 Å². The highest BCUT2D eigenvalue weighted by Crippen LogP contribution is 2.40. The zero-order valence-corrected chi connectivity index (χ0v) is 20.1. The minimum Gasteiger partial charge on any atom is -0.507 e. The first-order valence-electron chi connectivity index (χ1n) is 10.6. The number of benzene rings is 2. The number of imidazole rings is 1. The van der Waals surface area contributed by atoms with Crippen LogP contribution in [0.2, 0.25) is 0 Å². The van der Waals surface area contributed by atoms with Gasteiger partial charge in [-0.3, -0.25) is 9.59 Å². The van der Waals surface area contributed by atoms with E-state index < -0.39 is 17.7 Å². The van der Waals surface area contributed by atoms with Crippen LogP contribution >= 0.6 is 15.9 Å². The molecule has 0 unspecified atom stereocenters. The Morgan fingerprint density at radius 2 is 1.76 bits per heavy atom. The molecule has 2 heterocycles. The largest absolute Gasteiger partial charge is 0.507 e. The molecule has 4 rings (SSSR count). The molecule has 1 atom stereocenters. The van der Waals surface area contributed by atoms with Gasteiger partial charge in [0.25, 0.3) is 11.7 Å². The second-order valence-corrected chi connectivity index (χ2v) is 9.06. The van der Waals surface area contributed by atoms with Gasteiger partial charge in [0.05, 0.1) is 17.9 Å². The van der Waals surface area contributed by atoms with E-state index in [9.17, 15) is 14.7 Å². The Labute approximate surface area is 201 Å². The Morgan fingerprint density at radius 3 is 2.36 bits per heavy atom. The quantitative estimate of drug-likeness (QED) is 0.293. The molecule has 0 radical (unpaired) electrons. The molecular weight excluding hydrogens is 484 g/mol. The van der Waals surface area contributed by atoms with Crippen LogP contribution in [0.4, 0.5) is 5.69 Å². The minimum atomic E-state index is -0.667. The summed E-state index contributed by atoms with van der Waals surface area (Å²) in [7, 11) is 3.90. The number of aliphatic hydroxyl groups is 1. The number of amides is 1. The molecule has 1 aliphatic rings. The summed E-state index contributed by atoms with van der Waals surface area (Å²) < 4.78 is 2.79. The van der Waals surface area contributed by atoms with Crippen LogP contribution < -0.4 is 4.90 Å². The van der Waals surface area contributed by atoms with Crippen molar-refractivity contribution in [3.8, 4) is 0 Å². The third-order valence-electron chi connectivity index (χ3n) is 5.76. The Morgan fingerprint density at radius 1 is 1.06 bits per heavy atom. The van der Waals surface area contributed by atoms with Crippen LogP contribution in [0.25, 0.3) is 5.76 Å². The molecule has 1 aromatic heterocycles. The number of hydrogen-bond acceptors (Lipinski definition) is 5. The zero-order chi connectivity index (χ0) is 23.5. The van der Waals surface area contributed by atoms with E-state index in [0.717, 1.165) is 15.7 Å². The van der Waals surface area contributed by atoms with Crippen LogP contribution in [-0.2, 0) is 16.1 Å². The third-order valence-corrected chi connectivity index (χ3v) is 6.29. The number of aliphatic hydroxyl groups excluding tert-OH is 1. The summed E-state index contributed by atoms with van der Waals surface area (Å²) in [6.07, 6.45) is 5.93. The van der Waals surface area contributed by atoms with Crippen LogP contribution in [0.15, 0.2) is 77.3 Å². The van der Waals surface area contributed by atoms with Crippen LogP contribution in [0.5, 0.6) is 0 Å². The number of aromatic nitrogens is 2. The van der Waals surface area contributed by atoms with E-state index in [4.69, 9.17) is 0 Å². The van der Waals surface area contributed by atoms with Crippen molar-refractivity contribution in [2.24, 2.45) is 0 Å². The van der Waals surface area contributed by atoms with Crippen molar-refractivity contribution in [2.45, 2.75) is 19.0 Å². The number of carbonyl (C=O) groups excluding carboxylic acids is 2. The lowest BCUT2D eigenvalue weighted by atomic mass is 9.95. The summed E-state index contributed by atoms with van der Waals surface area (Å²) in [5.41, 5.74) is 2.39. The number of nitrogens with zero attached hydrogens (tertiary/aromatic N) is 4. The maximum absolute atomic E-state index is 13.1.